The molecule has 1 heterocycles. The molecule has 2 aromatic carbocycles. The number of nitrogens with zero attached hydrogens (tertiary/aromatic N) is 1. The summed E-state index contributed by atoms with van der Waals surface area (Å²) in [6.45, 7) is 0. The first kappa shape index (κ1) is 18.6. The molecule has 3 aromatic rings. The first-order valence-electron chi connectivity index (χ1n) is 8.09. The van der Waals surface area contributed by atoms with E-state index in [1.807, 2.05) is 0 Å². The molecule has 0 saturated heterocycles. The predicted octanol–water partition coefficient (Wildman–Crippen LogP) is 4.33. The zero-order valence-corrected chi connectivity index (χ0v) is 14.3. The molecule has 0 aliphatic carbocycles. The Morgan fingerprint density at radius 1 is 1.07 bits per heavy atom. The number of carbonyl (C=O) groups is 2. The molecule has 0 saturated carbocycles. The Hall–Kier alpha value is -4.18. The summed E-state index contributed by atoms with van der Waals surface area (Å²) in [7, 11) is 0. The number of anilines is 1. The number of carbonyl (C=O) groups excluding carboxylic acids is 1. The molecular weight excluding hydrogens is 363 g/mol. The molecule has 0 fully saturated rings. The van der Waals surface area contributed by atoms with Gasteiger partial charge < -0.3 is 14.8 Å². The Kier molecular flexibility index (Phi) is 5.33. The van der Waals surface area contributed by atoms with E-state index in [2.05, 4.69) is 5.32 Å². The smallest absolute Gasteiger partial charge is 0.336 e. The highest BCUT2D eigenvalue weighted by Gasteiger charge is 2.15. The van der Waals surface area contributed by atoms with Crippen LogP contribution in [0.1, 0.15) is 16.1 Å². The topological polar surface area (TPSA) is 103 Å². The maximum atomic E-state index is 12.9. The number of carboxylic acid groups (broad SMARTS) is 1. The van der Waals surface area contributed by atoms with Gasteiger partial charge in [0.1, 0.15) is 29.0 Å². The first-order chi connectivity index (χ1) is 13.5. The van der Waals surface area contributed by atoms with Gasteiger partial charge in [-0.05, 0) is 42.5 Å². The van der Waals surface area contributed by atoms with Crippen LogP contribution in [0.2, 0.25) is 0 Å². The molecule has 28 heavy (non-hydrogen) atoms. The maximum absolute atomic E-state index is 12.9. The summed E-state index contributed by atoms with van der Waals surface area (Å²) in [4.78, 5) is 23.6. The van der Waals surface area contributed by atoms with E-state index in [4.69, 9.17) is 4.42 Å². The van der Waals surface area contributed by atoms with Crippen molar-refractivity contribution in [3.05, 3.63) is 83.4 Å². The third-order valence-electron chi connectivity index (χ3n) is 3.80. The van der Waals surface area contributed by atoms with Crippen LogP contribution in [-0.4, -0.2) is 17.0 Å². The fraction of sp³-hybridized carbons (Fsp3) is 0. The van der Waals surface area contributed by atoms with Gasteiger partial charge in [-0.1, -0.05) is 18.2 Å². The van der Waals surface area contributed by atoms with Crippen LogP contribution >= 0.6 is 0 Å². The van der Waals surface area contributed by atoms with Gasteiger partial charge in [0.2, 0.25) is 0 Å². The first-order valence-corrected chi connectivity index (χ1v) is 8.09. The van der Waals surface area contributed by atoms with E-state index in [1.165, 1.54) is 42.5 Å². The fourth-order valence-electron chi connectivity index (χ4n) is 2.48. The third kappa shape index (κ3) is 4.14. The zero-order chi connectivity index (χ0) is 20.1. The number of rotatable bonds is 5. The standard InChI is InChI=1S/C21H13FN2O4/c22-14-5-7-15(8-6-14)24-20(25)13(12-23)11-16-9-10-19(28-16)17-3-1-2-4-18(17)21(26)27/h1-11H,(H,24,25)(H,26,27)/b13-11+. The number of nitriles is 1. The molecule has 0 unspecified atom stereocenters. The van der Waals surface area contributed by atoms with Gasteiger partial charge in [0.25, 0.3) is 5.91 Å². The average molecular weight is 376 g/mol. The second-order valence-corrected chi connectivity index (χ2v) is 5.68. The Morgan fingerprint density at radius 2 is 1.79 bits per heavy atom. The molecule has 2 N–H and O–H groups in total. The Labute approximate surface area is 159 Å². The van der Waals surface area contributed by atoms with Crippen LogP contribution in [0.3, 0.4) is 0 Å². The second kappa shape index (κ2) is 8.01. The fourth-order valence-corrected chi connectivity index (χ4v) is 2.48. The summed E-state index contributed by atoms with van der Waals surface area (Å²) < 4.78 is 18.5. The molecule has 3 rings (SSSR count). The molecule has 138 valence electrons. The number of hydrogen-bond acceptors (Lipinski definition) is 4. The van der Waals surface area contributed by atoms with Gasteiger partial charge in [-0.15, -0.1) is 0 Å². The molecule has 0 spiro atoms. The van der Waals surface area contributed by atoms with Crippen molar-refractivity contribution < 1.29 is 23.5 Å². The van der Waals surface area contributed by atoms with Gasteiger partial charge in [0, 0.05) is 17.3 Å². The summed E-state index contributed by atoms with van der Waals surface area (Å²) in [5.41, 5.74) is 0.561. The number of amides is 1. The van der Waals surface area contributed by atoms with E-state index < -0.39 is 17.7 Å². The van der Waals surface area contributed by atoms with Gasteiger partial charge in [0.05, 0.1) is 5.56 Å². The number of nitrogens with one attached hydrogen (secondary N) is 1. The van der Waals surface area contributed by atoms with Crippen LogP contribution in [0.25, 0.3) is 17.4 Å². The van der Waals surface area contributed by atoms with Crippen LogP contribution in [0.15, 0.2) is 70.7 Å². The van der Waals surface area contributed by atoms with E-state index >= 15 is 0 Å². The van der Waals surface area contributed by atoms with Crippen LogP contribution in [0.5, 0.6) is 0 Å². The van der Waals surface area contributed by atoms with E-state index in [-0.39, 0.29) is 16.9 Å². The van der Waals surface area contributed by atoms with E-state index in [0.717, 1.165) is 0 Å². The second-order valence-electron chi connectivity index (χ2n) is 5.68. The van der Waals surface area contributed by atoms with Crippen molar-refractivity contribution in [2.75, 3.05) is 5.32 Å². The molecule has 0 aliphatic rings. The highest BCUT2D eigenvalue weighted by molar-refractivity contribution is 6.09. The molecule has 7 heteroatoms. The van der Waals surface area contributed by atoms with Crippen molar-refractivity contribution in [1.29, 1.82) is 5.26 Å². The van der Waals surface area contributed by atoms with Gasteiger partial charge in [-0.3, -0.25) is 4.79 Å². The minimum Gasteiger partial charge on any atom is -0.478 e. The highest BCUT2D eigenvalue weighted by Crippen LogP contribution is 2.27. The van der Waals surface area contributed by atoms with Crippen LogP contribution in [0, 0.1) is 17.1 Å². The molecule has 0 radical (unpaired) electrons. The third-order valence-corrected chi connectivity index (χ3v) is 3.80. The minimum absolute atomic E-state index is 0.0712. The lowest BCUT2D eigenvalue weighted by molar-refractivity contribution is -0.112. The van der Waals surface area contributed by atoms with Crippen molar-refractivity contribution in [2.45, 2.75) is 0 Å². The largest absolute Gasteiger partial charge is 0.478 e. The number of carboxylic acids is 1. The molecule has 1 amide bonds. The lowest BCUT2D eigenvalue weighted by Crippen LogP contribution is -2.13. The SMILES string of the molecule is N#C/C(=C\c1ccc(-c2ccccc2C(=O)O)o1)C(=O)Nc1ccc(F)cc1. The van der Waals surface area contributed by atoms with Crippen molar-refractivity contribution in [3.63, 3.8) is 0 Å². The van der Waals surface area contributed by atoms with Gasteiger partial charge in [-0.2, -0.15) is 5.26 Å². The number of furan rings is 1. The molecule has 0 aliphatic heterocycles. The van der Waals surface area contributed by atoms with Gasteiger partial charge >= 0.3 is 5.97 Å². The average Bonchev–Trinajstić information content (AvgIpc) is 3.16. The summed E-state index contributed by atoms with van der Waals surface area (Å²) in [6.07, 6.45) is 1.24. The zero-order valence-electron chi connectivity index (χ0n) is 14.3. The van der Waals surface area contributed by atoms with Crippen molar-refractivity contribution >= 4 is 23.6 Å². The van der Waals surface area contributed by atoms with Gasteiger partial charge in [0.15, 0.2) is 0 Å². The monoisotopic (exact) mass is 376 g/mol. The molecule has 0 atom stereocenters. The Balaban J connectivity index is 1.85. The number of hydrogen-bond donors (Lipinski definition) is 2. The highest BCUT2D eigenvalue weighted by atomic mass is 19.1. The minimum atomic E-state index is -1.10. The van der Waals surface area contributed by atoms with Crippen LogP contribution in [0.4, 0.5) is 10.1 Å². The normalized spacial score (nSPS) is 10.9. The van der Waals surface area contributed by atoms with Crippen LogP contribution < -0.4 is 5.32 Å². The van der Waals surface area contributed by atoms with E-state index in [9.17, 15) is 24.3 Å². The number of benzene rings is 2. The summed E-state index contributed by atoms with van der Waals surface area (Å²) in [5, 5.41) is 21.0. The van der Waals surface area contributed by atoms with Crippen molar-refractivity contribution in [3.8, 4) is 17.4 Å². The van der Waals surface area contributed by atoms with Crippen molar-refractivity contribution in [2.24, 2.45) is 0 Å². The van der Waals surface area contributed by atoms with E-state index in [0.29, 0.717) is 17.0 Å². The van der Waals surface area contributed by atoms with Crippen molar-refractivity contribution in [1.82, 2.24) is 0 Å². The van der Waals surface area contributed by atoms with Crippen LogP contribution in [-0.2, 0) is 4.79 Å². The molecule has 0 bridgehead atoms. The number of halogens is 1. The molecule has 1 aromatic heterocycles. The molecule has 6 nitrogen and oxygen atoms in total. The van der Waals surface area contributed by atoms with Gasteiger partial charge in [-0.25, -0.2) is 9.18 Å². The predicted molar refractivity (Wildman–Crippen MR) is 99.7 cm³/mol. The maximum Gasteiger partial charge on any atom is 0.336 e. The summed E-state index contributed by atoms with van der Waals surface area (Å²) in [6, 6.07) is 16.3. The Morgan fingerprint density at radius 3 is 2.46 bits per heavy atom. The number of aromatic carboxylic acids is 1. The molecular formula is C21H13FN2O4. The summed E-state index contributed by atoms with van der Waals surface area (Å²) in [5.74, 6) is -1.72. The summed E-state index contributed by atoms with van der Waals surface area (Å²) >= 11 is 0. The van der Waals surface area contributed by atoms with E-state index in [1.54, 1.807) is 30.3 Å². The lowest BCUT2D eigenvalue weighted by atomic mass is 10.1. The lowest BCUT2D eigenvalue weighted by Gasteiger charge is -2.04. The quantitative estimate of drug-likeness (QED) is 0.510. The Bertz CT molecular complexity index is 1110.